The number of methoxy groups -OCH3 is 1. The van der Waals surface area contributed by atoms with Gasteiger partial charge in [-0.25, -0.2) is 9.97 Å². The average Bonchev–Trinajstić information content (AvgIpc) is 2.71. The number of fused-ring (bicyclic) bond motifs is 1. The van der Waals surface area contributed by atoms with Crippen LogP contribution in [0.1, 0.15) is 31.3 Å². The summed E-state index contributed by atoms with van der Waals surface area (Å²) in [6, 6.07) is 0. The molecular formula is C11H15N3O2S2. The number of ether oxygens (including phenoxy) is 1. The molecule has 2 aromatic rings. The van der Waals surface area contributed by atoms with Crippen LogP contribution in [0.15, 0.2) is 4.34 Å². The van der Waals surface area contributed by atoms with Crippen LogP contribution >= 0.6 is 11.3 Å². The molecule has 2 aromatic heterocycles. The van der Waals surface area contributed by atoms with E-state index in [1.807, 2.05) is 0 Å². The molecule has 0 amide bonds. The Bertz CT molecular complexity index is 554. The molecule has 0 fully saturated rings. The van der Waals surface area contributed by atoms with Crippen LogP contribution in [0.4, 0.5) is 0 Å². The number of aromatic nitrogens is 3. The molecule has 1 atom stereocenters. The summed E-state index contributed by atoms with van der Waals surface area (Å²) in [7, 11) is 1.61. The van der Waals surface area contributed by atoms with Crippen molar-refractivity contribution >= 4 is 32.9 Å². The highest BCUT2D eigenvalue weighted by atomic mass is 32.2. The maximum absolute atomic E-state index is 11.5. The van der Waals surface area contributed by atoms with E-state index in [2.05, 4.69) is 28.8 Å². The van der Waals surface area contributed by atoms with E-state index in [1.54, 1.807) is 13.4 Å². The van der Waals surface area contributed by atoms with E-state index >= 15 is 0 Å². The molecule has 0 aliphatic carbocycles. The Kier molecular flexibility index (Phi) is 4.16. The zero-order chi connectivity index (χ0) is 13.3. The molecule has 0 bridgehead atoms. The molecule has 0 saturated carbocycles. The molecule has 5 nitrogen and oxygen atoms in total. The van der Waals surface area contributed by atoms with Gasteiger partial charge in [-0.05, 0) is 5.92 Å². The van der Waals surface area contributed by atoms with Crippen LogP contribution < -0.4 is 0 Å². The summed E-state index contributed by atoms with van der Waals surface area (Å²) in [6.07, 6.45) is 1.62. The molecule has 2 rings (SSSR count). The number of hydrogen-bond donors (Lipinski definition) is 0. The van der Waals surface area contributed by atoms with Crippen LogP contribution in [0.25, 0.3) is 10.3 Å². The fraction of sp³-hybridized carbons (Fsp3) is 0.545. The van der Waals surface area contributed by atoms with E-state index in [0.29, 0.717) is 22.4 Å². The van der Waals surface area contributed by atoms with Crippen molar-refractivity contribution in [1.29, 1.82) is 0 Å². The van der Waals surface area contributed by atoms with Crippen molar-refractivity contribution in [3.05, 3.63) is 11.5 Å². The lowest BCUT2D eigenvalue weighted by atomic mass is 10.1. The summed E-state index contributed by atoms with van der Waals surface area (Å²) in [5.74, 6) is 0.886. The molecule has 0 aliphatic rings. The maximum atomic E-state index is 11.5. The lowest BCUT2D eigenvalue weighted by Gasteiger charge is -2.06. The van der Waals surface area contributed by atoms with Gasteiger partial charge in [-0.1, -0.05) is 25.2 Å². The van der Waals surface area contributed by atoms with Crippen molar-refractivity contribution in [3.63, 3.8) is 0 Å². The average molecular weight is 285 g/mol. The summed E-state index contributed by atoms with van der Waals surface area (Å²) in [5.41, 5.74) is 1.57. The van der Waals surface area contributed by atoms with E-state index in [4.69, 9.17) is 4.74 Å². The minimum absolute atomic E-state index is 0.268. The van der Waals surface area contributed by atoms with Gasteiger partial charge in [-0.3, -0.25) is 0 Å². The topological polar surface area (TPSA) is 71.0 Å². The molecule has 0 saturated heterocycles. The number of rotatable bonds is 4. The van der Waals surface area contributed by atoms with Gasteiger partial charge in [0.25, 0.3) is 0 Å². The van der Waals surface area contributed by atoms with Crippen molar-refractivity contribution in [2.45, 2.75) is 30.7 Å². The molecule has 0 radical (unpaired) electrons. The van der Waals surface area contributed by atoms with Crippen molar-refractivity contribution < 1.29 is 9.29 Å². The van der Waals surface area contributed by atoms with Crippen LogP contribution in [0.2, 0.25) is 0 Å². The minimum atomic E-state index is -1.09. The second-order valence-electron chi connectivity index (χ2n) is 4.20. The summed E-state index contributed by atoms with van der Waals surface area (Å²) in [4.78, 5) is 13.1. The van der Waals surface area contributed by atoms with Gasteiger partial charge >= 0.3 is 4.34 Å². The quantitative estimate of drug-likeness (QED) is 0.804. The number of hydrogen-bond acceptors (Lipinski definition) is 6. The van der Waals surface area contributed by atoms with Gasteiger partial charge in [0.1, 0.15) is 17.6 Å². The molecule has 2 heterocycles. The lowest BCUT2D eigenvalue weighted by Crippen LogP contribution is -2.03. The molecule has 0 aliphatic heterocycles. The van der Waals surface area contributed by atoms with E-state index in [-0.39, 0.29) is 5.92 Å². The molecule has 7 heteroatoms. The highest BCUT2D eigenvalue weighted by Gasteiger charge is 2.19. The first-order valence-corrected chi connectivity index (χ1v) is 7.90. The Morgan fingerprint density at radius 1 is 1.33 bits per heavy atom. The Morgan fingerprint density at radius 2 is 2.06 bits per heavy atom. The lowest BCUT2D eigenvalue weighted by molar-refractivity contribution is 0.178. The summed E-state index contributed by atoms with van der Waals surface area (Å²) in [6.45, 7) is 4.50. The van der Waals surface area contributed by atoms with E-state index in [9.17, 15) is 4.55 Å². The van der Waals surface area contributed by atoms with Gasteiger partial charge in [0.2, 0.25) is 0 Å². The van der Waals surface area contributed by atoms with Gasteiger partial charge in [0, 0.05) is 18.3 Å². The molecule has 0 N–H and O–H groups in total. The van der Waals surface area contributed by atoms with Crippen molar-refractivity contribution in [3.8, 4) is 0 Å². The van der Waals surface area contributed by atoms with Crippen molar-refractivity contribution in [2.24, 2.45) is 0 Å². The Balaban J connectivity index is 2.61. The largest absolute Gasteiger partial charge is 0.610 e. The molecule has 1 unspecified atom stereocenters. The zero-order valence-electron chi connectivity index (χ0n) is 10.8. The van der Waals surface area contributed by atoms with Crippen LogP contribution in [-0.2, 0) is 22.5 Å². The predicted molar refractivity (Wildman–Crippen MR) is 72.3 cm³/mol. The molecule has 98 valence electrons. The monoisotopic (exact) mass is 285 g/mol. The normalized spacial score (nSPS) is 13.4. The summed E-state index contributed by atoms with van der Waals surface area (Å²) in [5, 5.41) is 0. The Hall–Kier alpha value is -0.760. The number of nitrogens with zero attached hydrogens (tertiary/aromatic N) is 3. The Labute approximate surface area is 113 Å². The third-order valence-corrected chi connectivity index (χ3v) is 4.77. The van der Waals surface area contributed by atoms with Crippen molar-refractivity contribution in [2.75, 3.05) is 13.4 Å². The van der Waals surface area contributed by atoms with Gasteiger partial charge in [0.05, 0.1) is 5.69 Å². The minimum Gasteiger partial charge on any atom is -0.610 e. The molecular weight excluding hydrogens is 270 g/mol. The van der Waals surface area contributed by atoms with Gasteiger partial charge in [-0.15, -0.1) is 0 Å². The van der Waals surface area contributed by atoms with Crippen LogP contribution in [0.5, 0.6) is 0 Å². The van der Waals surface area contributed by atoms with Gasteiger partial charge < -0.3 is 9.29 Å². The fourth-order valence-corrected chi connectivity index (χ4v) is 3.39. The van der Waals surface area contributed by atoms with Crippen LogP contribution in [0.3, 0.4) is 0 Å². The second-order valence-corrected chi connectivity index (χ2v) is 6.75. The first-order valence-electron chi connectivity index (χ1n) is 5.52. The first kappa shape index (κ1) is 13.7. The summed E-state index contributed by atoms with van der Waals surface area (Å²) >= 11 is 0.325. The molecule has 18 heavy (non-hydrogen) atoms. The van der Waals surface area contributed by atoms with E-state index in [0.717, 1.165) is 10.4 Å². The van der Waals surface area contributed by atoms with Crippen molar-refractivity contribution in [1.82, 2.24) is 15.0 Å². The molecule has 0 aromatic carbocycles. The predicted octanol–water partition coefficient (Wildman–Crippen LogP) is 2.09. The first-order chi connectivity index (χ1) is 8.52. The SMILES string of the molecule is COCc1nc(C(C)C)c2sc([S+](C)[O-])nc2n1. The number of thiazole rings is 1. The highest BCUT2D eigenvalue weighted by molar-refractivity contribution is 7.92. The smallest absolute Gasteiger partial charge is 0.303 e. The second kappa shape index (κ2) is 5.48. The summed E-state index contributed by atoms with van der Waals surface area (Å²) < 4.78 is 18.1. The highest BCUT2D eigenvalue weighted by Crippen LogP contribution is 2.30. The third kappa shape index (κ3) is 2.64. The zero-order valence-corrected chi connectivity index (χ0v) is 12.4. The Morgan fingerprint density at radius 3 is 2.61 bits per heavy atom. The maximum Gasteiger partial charge on any atom is 0.303 e. The van der Waals surface area contributed by atoms with Crippen LogP contribution in [-0.4, -0.2) is 32.9 Å². The van der Waals surface area contributed by atoms with E-state index in [1.165, 1.54) is 11.3 Å². The molecule has 0 spiro atoms. The van der Waals surface area contributed by atoms with Gasteiger partial charge in [0.15, 0.2) is 11.5 Å². The van der Waals surface area contributed by atoms with Crippen LogP contribution in [0, 0.1) is 0 Å². The standard InChI is InChI=1S/C11H15N3O2S2/c1-6(2)8-9-10(13-7(12-8)5-16-3)14-11(17-9)18(4)15/h6H,5H2,1-4H3. The third-order valence-electron chi connectivity index (χ3n) is 2.37. The fourth-order valence-electron chi connectivity index (χ4n) is 1.58. The van der Waals surface area contributed by atoms with E-state index < -0.39 is 11.2 Å². The van der Waals surface area contributed by atoms with Gasteiger partial charge in [-0.2, -0.15) is 4.98 Å².